The second-order valence-corrected chi connectivity index (χ2v) is 37.7. The van der Waals surface area contributed by atoms with Gasteiger partial charge in [-0.15, -0.1) is 0 Å². The summed E-state index contributed by atoms with van der Waals surface area (Å²) in [6, 6.07) is 0. The lowest BCUT2D eigenvalue weighted by Gasteiger charge is -2.36. The zero-order valence-electron chi connectivity index (χ0n) is 22.8. The number of hydrogen-bond acceptors (Lipinski definition) is 7. The van der Waals surface area contributed by atoms with E-state index in [9.17, 15) is 10.2 Å². The maximum absolute atomic E-state index is 9.39. The monoisotopic (exact) mass is 548 g/mol. The average molecular weight is 549 g/mol. The van der Waals surface area contributed by atoms with E-state index in [1.165, 1.54) is 0 Å². The summed E-state index contributed by atoms with van der Waals surface area (Å²) in [4.78, 5) is 0. The molecule has 0 aromatic carbocycles. The zero-order valence-corrected chi connectivity index (χ0v) is 28.8. The molecule has 2 N–H and O–H groups in total. The van der Waals surface area contributed by atoms with E-state index >= 15 is 0 Å². The fourth-order valence-electron chi connectivity index (χ4n) is 2.97. The van der Waals surface area contributed by atoms with Crippen LogP contribution >= 0.6 is 0 Å². The summed E-state index contributed by atoms with van der Waals surface area (Å²) in [5.41, 5.74) is 0.970. The van der Waals surface area contributed by atoms with Gasteiger partial charge in [-0.3, -0.25) is 0 Å². The van der Waals surface area contributed by atoms with Gasteiger partial charge in [-0.25, -0.2) is 0 Å². The largest absolute Gasteiger partial charge is 0.437 e. The van der Waals surface area contributed by atoms with Gasteiger partial charge in [0.15, 0.2) is 16.6 Å². The molecular weight excluding hydrogens is 497 g/mol. The van der Waals surface area contributed by atoms with Gasteiger partial charge < -0.3 is 31.7 Å². The Morgan fingerprint density at radius 3 is 1.42 bits per heavy atom. The van der Waals surface area contributed by atoms with Crippen molar-refractivity contribution in [3.8, 4) is 0 Å². The molecule has 0 aliphatic heterocycles. The Hall–Kier alpha value is 1.02. The Morgan fingerprint density at radius 1 is 0.645 bits per heavy atom. The molecule has 0 amide bonds. The van der Waals surface area contributed by atoms with Crippen LogP contribution in [0.5, 0.6) is 0 Å². The van der Waals surface area contributed by atoms with Gasteiger partial charge in [-0.05, 0) is 64.6 Å². The summed E-state index contributed by atoms with van der Waals surface area (Å²) >= 11 is 0. The minimum Gasteiger partial charge on any atom is -0.437 e. The molecule has 0 fully saturated rings. The molecule has 0 bridgehead atoms. The summed E-state index contributed by atoms with van der Waals surface area (Å²) in [7, 11) is -7.63. The standard InChI is InChI=1S/C10H28O3Si3.C8H24O4Si3/c1-12-16(7,8-11)10-15(5,6)13-9-14(2,3)4;1-10-15(7,8-9)12-14(5,6)11-13(2,3)4/h11H,8-10H2,1-7H3;9H,8H2,1-7H3. The molecule has 0 saturated heterocycles. The predicted octanol–water partition coefficient (Wildman–Crippen LogP) is 4.18. The fourth-order valence-corrected chi connectivity index (χ4v) is 26.4. The normalized spacial score (nSPS) is 17.4. The Labute approximate surface area is 198 Å². The number of aliphatic hydroxyl groups is 2. The van der Waals surface area contributed by atoms with Crippen LogP contribution in [0.25, 0.3) is 0 Å². The molecule has 0 aliphatic carbocycles. The van der Waals surface area contributed by atoms with Crippen LogP contribution < -0.4 is 0 Å². The molecule has 0 saturated carbocycles. The van der Waals surface area contributed by atoms with Crippen molar-refractivity contribution in [2.75, 3.05) is 32.9 Å². The van der Waals surface area contributed by atoms with Crippen molar-refractivity contribution in [1.29, 1.82) is 0 Å². The minimum absolute atomic E-state index is 0.0327. The van der Waals surface area contributed by atoms with Crippen molar-refractivity contribution in [3.05, 3.63) is 0 Å². The molecule has 0 rings (SSSR count). The maximum atomic E-state index is 9.39. The highest BCUT2D eigenvalue weighted by Gasteiger charge is 2.41. The highest BCUT2D eigenvalue weighted by atomic mass is 28.5. The molecule has 0 aliphatic rings. The number of hydrogen-bond donors (Lipinski definition) is 2. The van der Waals surface area contributed by atoms with Gasteiger partial charge in [-0.2, -0.15) is 0 Å². The van der Waals surface area contributed by atoms with Crippen LogP contribution in [0, 0.1) is 0 Å². The van der Waals surface area contributed by atoms with Crippen molar-refractivity contribution < 1.29 is 31.7 Å². The van der Waals surface area contributed by atoms with Gasteiger partial charge in [-0.1, -0.05) is 19.6 Å². The number of aliphatic hydroxyl groups excluding tert-OH is 2. The van der Waals surface area contributed by atoms with E-state index in [0.717, 1.165) is 11.9 Å². The minimum atomic E-state index is -2.42. The molecule has 2 unspecified atom stereocenters. The Bertz CT molecular complexity index is 499. The van der Waals surface area contributed by atoms with Crippen molar-refractivity contribution in [3.63, 3.8) is 0 Å². The quantitative estimate of drug-likeness (QED) is 0.334. The molecule has 0 spiro atoms. The smallest absolute Gasteiger partial charge is 0.352 e. The first-order valence-electron chi connectivity index (χ1n) is 10.9. The molecule has 2 atom stereocenters. The van der Waals surface area contributed by atoms with Gasteiger partial charge in [0.25, 0.3) is 0 Å². The van der Waals surface area contributed by atoms with E-state index in [4.69, 9.17) is 21.5 Å². The van der Waals surface area contributed by atoms with Crippen LogP contribution in [-0.4, -0.2) is 93.3 Å². The summed E-state index contributed by atoms with van der Waals surface area (Å²) in [5, 5.41) is 18.6. The summed E-state index contributed by atoms with van der Waals surface area (Å²) in [6.07, 6.45) is 1.08. The third-order valence-electron chi connectivity index (χ3n) is 4.26. The Balaban J connectivity index is 0. The van der Waals surface area contributed by atoms with E-state index in [-0.39, 0.29) is 12.5 Å². The average Bonchev–Trinajstić information content (AvgIpc) is 2.57. The molecule has 0 radical (unpaired) electrons. The molecule has 31 heavy (non-hydrogen) atoms. The lowest BCUT2D eigenvalue weighted by molar-refractivity contribution is 0.223. The van der Waals surface area contributed by atoms with Crippen LogP contribution in [0.4, 0.5) is 0 Å². The molecule has 190 valence electrons. The van der Waals surface area contributed by atoms with Gasteiger partial charge in [0.05, 0.1) is 20.5 Å². The van der Waals surface area contributed by atoms with E-state index in [1.807, 2.05) is 19.6 Å². The molecule has 0 heterocycles. The summed E-state index contributed by atoms with van der Waals surface area (Å²) < 4.78 is 28.9. The third-order valence-corrected chi connectivity index (χ3v) is 24.1. The van der Waals surface area contributed by atoms with E-state index in [2.05, 4.69) is 58.9 Å². The van der Waals surface area contributed by atoms with Crippen molar-refractivity contribution in [2.24, 2.45) is 0 Å². The zero-order chi connectivity index (χ0) is 25.4. The molecule has 0 aromatic rings. The molecular formula is C18H52O7Si6. The Kier molecular flexibility index (Phi) is 14.6. The lowest BCUT2D eigenvalue weighted by atomic mass is 11.6. The second kappa shape index (κ2) is 13.2. The Morgan fingerprint density at radius 2 is 1.13 bits per heavy atom. The van der Waals surface area contributed by atoms with Gasteiger partial charge >= 0.3 is 17.1 Å². The highest BCUT2D eigenvalue weighted by Crippen LogP contribution is 2.22. The van der Waals surface area contributed by atoms with Crippen LogP contribution in [0.15, 0.2) is 0 Å². The number of rotatable bonds is 13. The molecule has 13 heteroatoms. The SMILES string of the molecule is CO[Si](C)(CO)C[Si](C)(C)OC[Si](C)(C)C.CO[Si](C)(CO)O[Si](C)(C)O[Si](C)(C)C. The fraction of sp³-hybridized carbons (Fsp3) is 1.00. The first kappa shape index (κ1) is 34.2. The maximum Gasteiger partial charge on any atom is 0.352 e. The van der Waals surface area contributed by atoms with Crippen molar-refractivity contribution in [1.82, 2.24) is 0 Å². The summed E-state index contributed by atoms with van der Waals surface area (Å²) in [6.45, 7) is 25.8. The topological polar surface area (TPSA) is 86.6 Å². The van der Waals surface area contributed by atoms with E-state index < -0.39 is 50.1 Å². The molecule has 0 aromatic heterocycles. The van der Waals surface area contributed by atoms with Crippen molar-refractivity contribution in [2.45, 2.75) is 84.2 Å². The lowest BCUT2D eigenvalue weighted by Crippen LogP contribution is -2.55. The van der Waals surface area contributed by atoms with E-state index in [0.29, 0.717) is 0 Å². The first-order chi connectivity index (χ1) is 13.6. The van der Waals surface area contributed by atoms with Crippen LogP contribution in [0.3, 0.4) is 0 Å². The second-order valence-electron chi connectivity index (χ2n) is 11.8. The van der Waals surface area contributed by atoms with Crippen molar-refractivity contribution >= 4 is 50.1 Å². The highest BCUT2D eigenvalue weighted by molar-refractivity contribution is 6.90. The van der Waals surface area contributed by atoms with Crippen LogP contribution in [0.2, 0.25) is 84.2 Å². The van der Waals surface area contributed by atoms with E-state index in [1.54, 1.807) is 14.2 Å². The third kappa shape index (κ3) is 18.1. The van der Waals surface area contributed by atoms with Gasteiger partial charge in [0.1, 0.15) is 0 Å². The van der Waals surface area contributed by atoms with Gasteiger partial charge in [0, 0.05) is 20.4 Å². The van der Waals surface area contributed by atoms with Crippen LogP contribution in [-0.2, 0) is 21.5 Å². The first-order valence-corrected chi connectivity index (χ1v) is 29.3. The predicted molar refractivity (Wildman–Crippen MR) is 146 cm³/mol. The van der Waals surface area contributed by atoms with Crippen LogP contribution in [0.1, 0.15) is 0 Å². The molecule has 7 nitrogen and oxygen atoms in total. The van der Waals surface area contributed by atoms with Gasteiger partial charge in [0.2, 0.25) is 8.32 Å². The summed E-state index contributed by atoms with van der Waals surface area (Å²) in [5.74, 6) is 0.